The third kappa shape index (κ3) is 1.58. The van der Waals surface area contributed by atoms with E-state index in [0.29, 0.717) is 5.02 Å². The fourth-order valence-corrected chi connectivity index (χ4v) is 6.48. The molecule has 7 heteroatoms. The Bertz CT molecular complexity index is 556. The normalized spacial score (nSPS) is 12.5. The minimum absolute atomic E-state index is 0.194. The van der Waals surface area contributed by atoms with Crippen LogP contribution in [0.3, 0.4) is 0 Å². The molecule has 0 fully saturated rings. The maximum absolute atomic E-state index is 11.1. The van der Waals surface area contributed by atoms with Gasteiger partial charge in [-0.2, -0.15) is 0 Å². The molecule has 0 saturated carbocycles. The van der Waals surface area contributed by atoms with Crippen molar-refractivity contribution in [2.75, 3.05) is 0 Å². The Morgan fingerprint density at radius 3 is 2.69 bits per heavy atom. The van der Waals surface area contributed by atoms with Crippen LogP contribution in [0.25, 0.3) is 9.65 Å². The van der Waals surface area contributed by atoms with Gasteiger partial charge in [0.15, 0.2) is 0 Å². The summed E-state index contributed by atoms with van der Waals surface area (Å²) >= 11 is 7.15. The van der Waals surface area contributed by atoms with E-state index < -0.39 is 10.0 Å². The molecule has 0 spiro atoms. The first-order chi connectivity index (χ1) is 6.00. The van der Waals surface area contributed by atoms with Gasteiger partial charge >= 0.3 is 90.2 Å². The molecule has 3 nitrogen and oxygen atoms in total. The Kier molecular flexibility index (Phi) is 2.30. The van der Waals surface area contributed by atoms with E-state index in [-0.39, 0.29) is 18.3 Å². The molecule has 0 atom stereocenters. The number of fused-ring (bicyclic) bond motifs is 1. The van der Waals surface area contributed by atoms with Crippen molar-refractivity contribution in [1.29, 1.82) is 0 Å². The zero-order valence-electron chi connectivity index (χ0n) is 6.15. The molecule has 2 aromatic rings. The first-order valence-corrected chi connectivity index (χ1v) is 7.75. The third-order valence-corrected chi connectivity index (χ3v) is 7.95. The van der Waals surface area contributed by atoms with E-state index in [1.165, 1.54) is 11.3 Å². The number of halogens is 1. The van der Waals surface area contributed by atoms with E-state index in [1.807, 2.05) is 10.8 Å². The van der Waals surface area contributed by atoms with Gasteiger partial charge in [-0.1, -0.05) is 0 Å². The Morgan fingerprint density at radius 2 is 2.15 bits per heavy atom. The standard InChI is InChI=1S/C6H4ClNO2S2Se/c7-5-3-1-11-2-4(3)13-6(5)12(8,9)10/h1-2H,(H2,8,9,10). The second-order valence-corrected chi connectivity index (χ2v) is 7.81. The summed E-state index contributed by atoms with van der Waals surface area (Å²) in [5, 5.41) is 9.91. The molecule has 0 aromatic carbocycles. The van der Waals surface area contributed by atoms with Crippen LogP contribution in [0.15, 0.2) is 14.5 Å². The van der Waals surface area contributed by atoms with E-state index in [9.17, 15) is 8.42 Å². The molecule has 0 radical (unpaired) electrons. The molecule has 0 aliphatic heterocycles. The number of thiophene rings is 1. The van der Waals surface area contributed by atoms with Crippen molar-refractivity contribution in [2.24, 2.45) is 5.14 Å². The Morgan fingerprint density at radius 1 is 1.46 bits per heavy atom. The van der Waals surface area contributed by atoms with E-state index in [2.05, 4.69) is 0 Å². The summed E-state index contributed by atoms with van der Waals surface area (Å²) < 4.78 is 23.3. The van der Waals surface area contributed by atoms with Crippen LogP contribution in [0.5, 0.6) is 0 Å². The SMILES string of the molecule is NS(=O)(=O)c1[se]c2cscc2c1Cl. The number of hydrogen-bond acceptors (Lipinski definition) is 3. The average molecular weight is 301 g/mol. The fourth-order valence-electron chi connectivity index (χ4n) is 0.962. The summed E-state index contributed by atoms with van der Waals surface area (Å²) in [5.41, 5.74) is 0. The molecule has 0 aliphatic carbocycles. The maximum atomic E-state index is 11.1. The zero-order valence-corrected chi connectivity index (χ0v) is 10.3. The summed E-state index contributed by atoms with van der Waals surface area (Å²) in [6.07, 6.45) is 0. The van der Waals surface area contributed by atoms with Crippen LogP contribution >= 0.6 is 22.9 Å². The number of sulfonamides is 1. The Hall–Kier alpha value is 0.159. The molecule has 2 N–H and O–H groups in total. The van der Waals surface area contributed by atoms with Crippen LogP contribution in [-0.2, 0) is 10.0 Å². The second kappa shape index (κ2) is 3.08. The van der Waals surface area contributed by atoms with Crippen molar-refractivity contribution in [3.8, 4) is 0 Å². The molecular formula is C6H4ClNO2S2Se. The summed E-state index contributed by atoms with van der Waals surface area (Å²) in [4.78, 5) is 0. The molecule has 0 bridgehead atoms. The zero-order chi connectivity index (χ0) is 9.64. The average Bonchev–Trinajstić information content (AvgIpc) is 2.51. The van der Waals surface area contributed by atoms with Gasteiger partial charge in [0.25, 0.3) is 0 Å². The first kappa shape index (κ1) is 9.70. The number of hydrogen-bond donors (Lipinski definition) is 1. The molecular weight excluding hydrogens is 297 g/mol. The van der Waals surface area contributed by atoms with Gasteiger partial charge in [0.2, 0.25) is 0 Å². The fraction of sp³-hybridized carbons (Fsp3) is 0. The summed E-state index contributed by atoms with van der Waals surface area (Å²) in [5.74, 6) is 0. The second-order valence-electron chi connectivity index (χ2n) is 2.40. The van der Waals surface area contributed by atoms with Gasteiger partial charge in [-0.05, 0) is 0 Å². The quantitative estimate of drug-likeness (QED) is 0.806. The summed E-state index contributed by atoms with van der Waals surface area (Å²) in [7, 11) is -3.61. The van der Waals surface area contributed by atoms with Crippen molar-refractivity contribution >= 4 is 57.1 Å². The molecule has 2 rings (SSSR count). The van der Waals surface area contributed by atoms with Crippen LogP contribution in [0.1, 0.15) is 0 Å². The monoisotopic (exact) mass is 301 g/mol. The van der Waals surface area contributed by atoms with E-state index in [1.54, 1.807) is 0 Å². The van der Waals surface area contributed by atoms with Gasteiger partial charge in [-0.15, -0.1) is 0 Å². The summed E-state index contributed by atoms with van der Waals surface area (Å²) in [6.45, 7) is 0. The molecule has 70 valence electrons. The van der Waals surface area contributed by atoms with E-state index in [0.717, 1.165) is 9.65 Å². The van der Waals surface area contributed by atoms with Gasteiger partial charge in [0.1, 0.15) is 0 Å². The van der Waals surface area contributed by atoms with Gasteiger partial charge < -0.3 is 0 Å². The molecule has 13 heavy (non-hydrogen) atoms. The van der Waals surface area contributed by atoms with Crippen molar-refractivity contribution in [1.82, 2.24) is 0 Å². The van der Waals surface area contributed by atoms with Gasteiger partial charge in [0, 0.05) is 0 Å². The number of primary sulfonamides is 1. The van der Waals surface area contributed by atoms with E-state index >= 15 is 0 Å². The predicted molar refractivity (Wildman–Crippen MR) is 55.1 cm³/mol. The van der Waals surface area contributed by atoms with Crippen molar-refractivity contribution in [3.05, 3.63) is 15.8 Å². The van der Waals surface area contributed by atoms with Gasteiger partial charge in [-0.25, -0.2) is 0 Å². The van der Waals surface area contributed by atoms with E-state index in [4.69, 9.17) is 16.7 Å². The molecule has 2 heterocycles. The van der Waals surface area contributed by atoms with Crippen LogP contribution in [0.2, 0.25) is 5.02 Å². The molecule has 2 aromatic heterocycles. The van der Waals surface area contributed by atoms with Crippen LogP contribution in [-0.4, -0.2) is 22.9 Å². The molecule has 0 saturated heterocycles. The third-order valence-electron chi connectivity index (χ3n) is 1.50. The van der Waals surface area contributed by atoms with Crippen LogP contribution < -0.4 is 5.14 Å². The molecule has 0 amide bonds. The minimum atomic E-state index is -3.61. The van der Waals surface area contributed by atoms with Gasteiger partial charge in [-0.3, -0.25) is 0 Å². The number of nitrogens with two attached hydrogens (primary N) is 1. The van der Waals surface area contributed by atoms with Gasteiger partial charge in [0.05, 0.1) is 0 Å². The van der Waals surface area contributed by atoms with Crippen LogP contribution in [0.4, 0.5) is 0 Å². The first-order valence-electron chi connectivity index (χ1n) is 3.17. The number of rotatable bonds is 1. The summed E-state index contributed by atoms with van der Waals surface area (Å²) in [6, 6.07) is 0. The van der Waals surface area contributed by atoms with Crippen LogP contribution in [0, 0.1) is 0 Å². The molecule has 0 aliphatic rings. The molecule has 0 unspecified atom stereocenters. The predicted octanol–water partition coefficient (Wildman–Crippen LogP) is 1.26. The van der Waals surface area contributed by atoms with Crippen molar-refractivity contribution in [3.63, 3.8) is 0 Å². The Labute approximate surface area is 89.9 Å². The van der Waals surface area contributed by atoms with Crippen molar-refractivity contribution in [2.45, 2.75) is 3.77 Å². The van der Waals surface area contributed by atoms with Crippen molar-refractivity contribution < 1.29 is 8.42 Å². The Balaban J connectivity index is 2.86. The topological polar surface area (TPSA) is 60.2 Å².